The number of aryl methyl sites for hydroxylation is 2. The highest BCUT2D eigenvalue weighted by molar-refractivity contribution is 5.86. The molecule has 0 radical (unpaired) electrons. The van der Waals surface area contributed by atoms with Crippen molar-refractivity contribution in [3.05, 3.63) is 17.3 Å². The number of rotatable bonds is 9. The lowest BCUT2D eigenvalue weighted by molar-refractivity contribution is -0.248. The number of amides is 1. The average Bonchev–Trinajstić information content (AvgIpc) is 2.77. The molecule has 27 heavy (non-hydrogen) atoms. The number of nitrogens with one attached hydrogen (secondary N) is 1. The van der Waals surface area contributed by atoms with E-state index in [9.17, 15) is 4.79 Å². The van der Waals surface area contributed by atoms with Crippen molar-refractivity contribution in [1.29, 1.82) is 0 Å². The Bertz CT molecular complexity index is 670. The average molecular weight is 378 g/mol. The number of methoxy groups -OCH3 is 1. The van der Waals surface area contributed by atoms with E-state index in [2.05, 4.69) is 36.0 Å². The number of ether oxygens (including phenoxy) is 1. The molecule has 2 bridgehead atoms. The first-order chi connectivity index (χ1) is 12.6. The van der Waals surface area contributed by atoms with Gasteiger partial charge in [-0.2, -0.15) is 0 Å². The molecular formula is C21H35N3O3. The van der Waals surface area contributed by atoms with Crippen molar-refractivity contribution < 1.29 is 13.9 Å². The minimum absolute atomic E-state index is 0.0801. The van der Waals surface area contributed by atoms with E-state index < -0.39 is 0 Å². The highest BCUT2D eigenvalue weighted by atomic mass is 16.5. The Morgan fingerprint density at radius 3 is 2.44 bits per heavy atom. The Kier molecular flexibility index (Phi) is 5.43. The lowest BCUT2D eigenvalue weighted by atomic mass is 9.29. The van der Waals surface area contributed by atoms with Crippen molar-refractivity contribution in [2.45, 2.75) is 60.4 Å². The summed E-state index contributed by atoms with van der Waals surface area (Å²) in [5, 5.41) is 3.18. The first-order valence-electron chi connectivity index (χ1n) is 10.0. The van der Waals surface area contributed by atoms with Gasteiger partial charge in [-0.15, -0.1) is 0 Å². The second-order valence-corrected chi connectivity index (χ2v) is 9.61. The summed E-state index contributed by atoms with van der Waals surface area (Å²) in [6, 6.07) is 0. The minimum Gasteiger partial charge on any atom is -0.444 e. The minimum atomic E-state index is -0.0801. The number of hydrogen-bond donors (Lipinski definition) is 1. The van der Waals surface area contributed by atoms with Crippen molar-refractivity contribution in [2.75, 3.05) is 33.4 Å². The molecule has 3 aliphatic carbocycles. The smallest absolute Gasteiger partial charge is 0.226 e. The molecule has 1 aromatic rings. The van der Waals surface area contributed by atoms with E-state index in [0.717, 1.165) is 43.8 Å². The van der Waals surface area contributed by atoms with E-state index in [-0.39, 0.29) is 11.3 Å². The Morgan fingerprint density at radius 2 is 1.93 bits per heavy atom. The first-order valence-corrected chi connectivity index (χ1v) is 10.0. The second kappa shape index (κ2) is 7.21. The zero-order chi connectivity index (χ0) is 19.9. The molecule has 1 N–H and O–H groups in total. The van der Waals surface area contributed by atoms with Gasteiger partial charge >= 0.3 is 0 Å². The fourth-order valence-corrected chi connectivity index (χ4v) is 4.75. The van der Waals surface area contributed by atoms with E-state index in [4.69, 9.17) is 9.15 Å². The van der Waals surface area contributed by atoms with Crippen molar-refractivity contribution in [2.24, 2.45) is 16.2 Å². The fourth-order valence-electron chi connectivity index (χ4n) is 4.75. The standard InChI is InChI=1S/C21H35N3O3/c1-15-17(27-16(2)23-15)11-24(9-10-26-6)8-7-22-18(25)20-12-21(13-20,14-20)19(3,4)5/h7-14H2,1-6H3,(H,22,25). The molecule has 6 heteroatoms. The third kappa shape index (κ3) is 3.79. The van der Waals surface area contributed by atoms with Crippen LogP contribution in [0.15, 0.2) is 4.42 Å². The van der Waals surface area contributed by atoms with Crippen molar-refractivity contribution in [3.8, 4) is 0 Å². The van der Waals surface area contributed by atoms with E-state index >= 15 is 0 Å². The number of nitrogens with zero attached hydrogens (tertiary/aromatic N) is 2. The summed E-state index contributed by atoms with van der Waals surface area (Å²) in [4.78, 5) is 19.3. The van der Waals surface area contributed by atoms with Crippen LogP contribution in [0.1, 0.15) is 57.4 Å². The predicted molar refractivity (Wildman–Crippen MR) is 104 cm³/mol. The van der Waals surface area contributed by atoms with Gasteiger partial charge in [0, 0.05) is 33.7 Å². The molecule has 0 atom stereocenters. The molecule has 0 unspecified atom stereocenters. The van der Waals surface area contributed by atoms with Gasteiger partial charge in [-0.3, -0.25) is 9.69 Å². The van der Waals surface area contributed by atoms with Crippen LogP contribution in [0.5, 0.6) is 0 Å². The van der Waals surface area contributed by atoms with Crippen LogP contribution in [0.3, 0.4) is 0 Å². The maximum atomic E-state index is 12.7. The molecule has 6 nitrogen and oxygen atoms in total. The molecular weight excluding hydrogens is 342 g/mol. The Hall–Kier alpha value is -1.40. The Labute approximate surface area is 163 Å². The van der Waals surface area contributed by atoms with E-state index in [1.165, 1.54) is 0 Å². The maximum absolute atomic E-state index is 12.7. The van der Waals surface area contributed by atoms with Crippen LogP contribution in [-0.2, 0) is 16.1 Å². The van der Waals surface area contributed by atoms with Gasteiger partial charge < -0.3 is 14.5 Å². The Morgan fingerprint density at radius 1 is 1.26 bits per heavy atom. The predicted octanol–water partition coefficient (Wildman–Crippen LogP) is 3.07. The summed E-state index contributed by atoms with van der Waals surface area (Å²) in [5.41, 5.74) is 1.55. The van der Waals surface area contributed by atoms with Gasteiger partial charge in [0.15, 0.2) is 5.89 Å². The van der Waals surface area contributed by atoms with Crippen LogP contribution < -0.4 is 5.32 Å². The summed E-state index contributed by atoms with van der Waals surface area (Å²) >= 11 is 0. The van der Waals surface area contributed by atoms with Gasteiger partial charge in [0.1, 0.15) is 5.76 Å². The first kappa shape index (κ1) is 20.3. The van der Waals surface area contributed by atoms with Crippen LogP contribution in [0, 0.1) is 30.1 Å². The zero-order valence-corrected chi connectivity index (χ0v) is 17.8. The van der Waals surface area contributed by atoms with Crippen molar-refractivity contribution in [3.63, 3.8) is 0 Å². The number of aromatic nitrogens is 1. The third-order valence-electron chi connectivity index (χ3n) is 6.80. The highest BCUT2D eigenvalue weighted by Gasteiger charge is 2.74. The fraction of sp³-hybridized carbons (Fsp3) is 0.810. The molecule has 152 valence electrons. The van der Waals surface area contributed by atoms with Crippen LogP contribution in [0.25, 0.3) is 0 Å². The quantitative estimate of drug-likeness (QED) is 0.716. The van der Waals surface area contributed by atoms with E-state index in [1.807, 2.05) is 13.8 Å². The molecule has 0 spiro atoms. The lowest BCUT2D eigenvalue weighted by Crippen LogP contribution is -2.71. The molecule has 3 saturated carbocycles. The van der Waals surface area contributed by atoms with Crippen molar-refractivity contribution in [1.82, 2.24) is 15.2 Å². The number of carbonyl (C=O) groups is 1. The SMILES string of the molecule is COCCN(CCNC(=O)C12CC(C(C)(C)C)(C1)C2)Cc1oc(C)nc1C. The van der Waals surface area contributed by atoms with Gasteiger partial charge in [0.2, 0.25) is 5.91 Å². The number of hydrogen-bond acceptors (Lipinski definition) is 5. The monoisotopic (exact) mass is 377 g/mol. The highest BCUT2D eigenvalue weighted by Crippen LogP contribution is 2.79. The molecule has 0 aromatic carbocycles. The van der Waals surface area contributed by atoms with Gasteiger partial charge in [0.05, 0.1) is 24.3 Å². The molecule has 0 saturated heterocycles. The summed E-state index contributed by atoms with van der Waals surface area (Å²) in [6.07, 6.45) is 3.16. The van der Waals surface area contributed by atoms with Crippen LogP contribution in [0.2, 0.25) is 0 Å². The van der Waals surface area contributed by atoms with E-state index in [1.54, 1.807) is 7.11 Å². The molecule has 3 aliphatic rings. The molecule has 1 amide bonds. The molecule has 1 heterocycles. The summed E-state index contributed by atoms with van der Waals surface area (Å²) in [6.45, 7) is 14.3. The van der Waals surface area contributed by atoms with Crippen LogP contribution in [0.4, 0.5) is 0 Å². The largest absolute Gasteiger partial charge is 0.444 e. The van der Waals surface area contributed by atoms with Gasteiger partial charge in [-0.05, 0) is 37.0 Å². The van der Waals surface area contributed by atoms with Gasteiger partial charge in [0.25, 0.3) is 0 Å². The van der Waals surface area contributed by atoms with Crippen LogP contribution >= 0.6 is 0 Å². The number of oxazole rings is 1. The summed E-state index contributed by atoms with van der Waals surface area (Å²) in [5.74, 6) is 1.83. The van der Waals surface area contributed by atoms with Crippen LogP contribution in [-0.4, -0.2) is 49.1 Å². The normalized spacial score (nSPS) is 26.6. The van der Waals surface area contributed by atoms with Gasteiger partial charge in [-0.1, -0.05) is 20.8 Å². The third-order valence-corrected chi connectivity index (χ3v) is 6.80. The van der Waals surface area contributed by atoms with Gasteiger partial charge in [-0.25, -0.2) is 4.98 Å². The lowest BCUT2D eigenvalue weighted by Gasteiger charge is -2.74. The van der Waals surface area contributed by atoms with E-state index in [0.29, 0.717) is 36.4 Å². The maximum Gasteiger partial charge on any atom is 0.226 e. The second-order valence-electron chi connectivity index (χ2n) is 9.61. The summed E-state index contributed by atoms with van der Waals surface area (Å²) in [7, 11) is 1.71. The molecule has 3 fully saturated rings. The molecule has 1 aromatic heterocycles. The Balaban J connectivity index is 1.47. The summed E-state index contributed by atoms with van der Waals surface area (Å²) < 4.78 is 10.9. The number of carbonyl (C=O) groups excluding carboxylic acids is 1. The molecule has 4 rings (SSSR count). The molecule has 0 aliphatic heterocycles. The topological polar surface area (TPSA) is 67.6 Å². The zero-order valence-electron chi connectivity index (χ0n) is 17.8. The van der Waals surface area contributed by atoms with Crippen molar-refractivity contribution >= 4 is 5.91 Å².